The molecule has 0 spiro atoms. The number of anilines is 1. The van der Waals surface area contributed by atoms with E-state index < -0.39 is 17.4 Å². The molecule has 7 heteroatoms. The maximum Gasteiger partial charge on any atom is 0.326 e. The number of pyridine rings is 1. The number of aliphatic carboxylic acids is 1. The Bertz CT molecular complexity index is 875. The van der Waals surface area contributed by atoms with Gasteiger partial charge in [-0.1, -0.05) is 39.2 Å². The number of carboxylic acids is 1. The van der Waals surface area contributed by atoms with Crippen molar-refractivity contribution in [1.29, 1.82) is 0 Å². The van der Waals surface area contributed by atoms with Crippen molar-refractivity contribution in [3.63, 3.8) is 0 Å². The zero-order chi connectivity index (χ0) is 24.8. The molecule has 35 heavy (non-hydrogen) atoms. The minimum Gasteiger partial charge on any atom is -0.480 e. The number of hydrogen-bond donors (Lipinski definition) is 3. The van der Waals surface area contributed by atoms with Crippen molar-refractivity contribution < 1.29 is 19.4 Å². The third kappa shape index (κ3) is 6.75. The topological polar surface area (TPSA) is 101 Å². The van der Waals surface area contributed by atoms with Crippen LogP contribution in [0.4, 0.5) is 5.82 Å². The van der Waals surface area contributed by atoms with Crippen LogP contribution in [0, 0.1) is 17.3 Å². The van der Waals surface area contributed by atoms with Gasteiger partial charge in [0.25, 0.3) is 0 Å². The number of nitrogens with one attached hydrogen (secondary N) is 2. The lowest BCUT2D eigenvalue weighted by Crippen LogP contribution is -2.49. The molecular formula is C28H43N3O4. The Morgan fingerprint density at radius 2 is 1.97 bits per heavy atom. The van der Waals surface area contributed by atoms with Crippen LogP contribution in [0.2, 0.25) is 0 Å². The Kier molecular flexibility index (Phi) is 8.68. The number of carboxylic acid groups (broad SMARTS) is 1. The van der Waals surface area contributed by atoms with Gasteiger partial charge < -0.3 is 20.5 Å². The van der Waals surface area contributed by atoms with E-state index in [9.17, 15) is 14.7 Å². The van der Waals surface area contributed by atoms with Crippen molar-refractivity contribution in [2.45, 2.75) is 103 Å². The molecule has 194 valence electrons. The predicted octanol–water partition coefficient (Wildman–Crippen LogP) is 4.73. The highest BCUT2D eigenvalue weighted by Crippen LogP contribution is 2.38. The molecule has 1 atom stereocenters. The average Bonchev–Trinajstić information content (AvgIpc) is 2.84. The summed E-state index contributed by atoms with van der Waals surface area (Å²) in [7, 11) is 0. The van der Waals surface area contributed by atoms with Crippen molar-refractivity contribution in [2.75, 3.05) is 18.5 Å². The lowest BCUT2D eigenvalue weighted by molar-refractivity contribution is -0.145. The smallest absolute Gasteiger partial charge is 0.326 e. The highest BCUT2D eigenvalue weighted by atomic mass is 16.5. The lowest BCUT2D eigenvalue weighted by atomic mass is 9.70. The highest BCUT2D eigenvalue weighted by Gasteiger charge is 2.39. The van der Waals surface area contributed by atoms with Gasteiger partial charge in [-0.2, -0.15) is 0 Å². The van der Waals surface area contributed by atoms with Crippen molar-refractivity contribution >= 4 is 17.7 Å². The molecule has 7 nitrogen and oxygen atoms in total. The largest absolute Gasteiger partial charge is 0.480 e. The number of carbonyl (C=O) groups excluding carboxylic acids is 1. The quantitative estimate of drug-likeness (QED) is 0.419. The standard InChI is InChI=1S/C28H43N3O4/c1-28(2,21-8-4-3-5-9-21)27(34)31-24(26(32)33)14-16-35-23-17-19(18-23)10-12-22-13-11-20-7-6-15-29-25(20)30-22/h11,13,19,21,23-24H,3-10,12,14-18H2,1-2H3,(H,29,30)(H,31,34)(H,32,33)/t19-,23-,24-/m0/s1. The number of nitrogens with zero attached hydrogens (tertiary/aromatic N) is 1. The van der Waals surface area contributed by atoms with Gasteiger partial charge in [-0.15, -0.1) is 0 Å². The Balaban J connectivity index is 1.14. The van der Waals surface area contributed by atoms with E-state index >= 15 is 0 Å². The first kappa shape index (κ1) is 25.9. The molecule has 1 aliphatic heterocycles. The molecule has 2 saturated carbocycles. The molecule has 0 radical (unpaired) electrons. The van der Waals surface area contributed by atoms with Gasteiger partial charge in [0.15, 0.2) is 0 Å². The minimum absolute atomic E-state index is 0.147. The highest BCUT2D eigenvalue weighted by molar-refractivity contribution is 5.87. The van der Waals surface area contributed by atoms with Crippen LogP contribution in [0.1, 0.15) is 89.3 Å². The van der Waals surface area contributed by atoms with Gasteiger partial charge in [0.05, 0.1) is 6.10 Å². The van der Waals surface area contributed by atoms with E-state index in [4.69, 9.17) is 9.72 Å². The summed E-state index contributed by atoms with van der Waals surface area (Å²) in [6.07, 6.45) is 12.5. The normalized spacial score (nSPS) is 23.5. The molecule has 0 saturated heterocycles. The summed E-state index contributed by atoms with van der Waals surface area (Å²) in [5.41, 5.74) is 1.93. The fourth-order valence-corrected chi connectivity index (χ4v) is 5.87. The van der Waals surface area contributed by atoms with E-state index in [1.54, 1.807) is 0 Å². The molecule has 0 aromatic carbocycles. The van der Waals surface area contributed by atoms with Crippen molar-refractivity contribution in [2.24, 2.45) is 17.3 Å². The predicted molar refractivity (Wildman–Crippen MR) is 136 cm³/mol. The van der Waals surface area contributed by atoms with Gasteiger partial charge in [-0.3, -0.25) is 4.79 Å². The van der Waals surface area contributed by atoms with Crippen LogP contribution in [-0.2, 0) is 27.2 Å². The van der Waals surface area contributed by atoms with Gasteiger partial charge in [-0.05, 0) is 74.8 Å². The first-order valence-corrected chi connectivity index (χ1v) is 13.7. The maximum absolute atomic E-state index is 12.9. The minimum atomic E-state index is -0.986. The summed E-state index contributed by atoms with van der Waals surface area (Å²) in [6, 6.07) is 3.48. The Hall–Kier alpha value is -2.15. The van der Waals surface area contributed by atoms with E-state index in [2.05, 4.69) is 22.8 Å². The molecule has 0 unspecified atom stereocenters. The van der Waals surface area contributed by atoms with E-state index in [-0.39, 0.29) is 12.0 Å². The van der Waals surface area contributed by atoms with Crippen LogP contribution >= 0.6 is 0 Å². The van der Waals surface area contributed by atoms with Gasteiger partial charge in [-0.25, -0.2) is 9.78 Å². The van der Waals surface area contributed by atoms with E-state index in [1.807, 2.05) is 13.8 Å². The second-order valence-corrected chi connectivity index (χ2v) is 11.4. The van der Waals surface area contributed by atoms with Crippen molar-refractivity contribution in [3.8, 4) is 0 Å². The summed E-state index contributed by atoms with van der Waals surface area (Å²) < 4.78 is 5.96. The third-order valence-electron chi connectivity index (χ3n) is 8.53. The van der Waals surface area contributed by atoms with E-state index in [0.717, 1.165) is 75.8 Å². The second-order valence-electron chi connectivity index (χ2n) is 11.4. The second kappa shape index (κ2) is 11.7. The van der Waals surface area contributed by atoms with Crippen LogP contribution in [0.15, 0.2) is 12.1 Å². The number of rotatable bonds is 11. The SMILES string of the molecule is CC(C)(C(=O)N[C@@H](CCO[C@H]1C[C@H](CCc2ccc3c(n2)NCCC3)C1)C(=O)O)C1CCCCC1. The van der Waals surface area contributed by atoms with E-state index in [0.29, 0.717) is 24.9 Å². The molecule has 1 aromatic rings. The molecule has 2 fully saturated rings. The van der Waals surface area contributed by atoms with Crippen LogP contribution < -0.4 is 10.6 Å². The summed E-state index contributed by atoms with van der Waals surface area (Å²) in [4.78, 5) is 29.5. The zero-order valence-corrected chi connectivity index (χ0v) is 21.5. The number of fused-ring (bicyclic) bond motifs is 1. The van der Waals surface area contributed by atoms with Crippen LogP contribution in [-0.4, -0.2) is 47.3 Å². The molecule has 3 aliphatic rings. The third-order valence-corrected chi connectivity index (χ3v) is 8.53. The molecule has 1 aromatic heterocycles. The van der Waals surface area contributed by atoms with Gasteiger partial charge in [0.2, 0.25) is 5.91 Å². The number of aromatic nitrogens is 1. The summed E-state index contributed by atoms with van der Waals surface area (Å²) >= 11 is 0. The number of amides is 1. The van der Waals surface area contributed by atoms with Gasteiger partial charge >= 0.3 is 5.97 Å². The number of aryl methyl sites for hydroxylation is 2. The summed E-state index contributed by atoms with van der Waals surface area (Å²) in [5.74, 6) is 0.885. The summed E-state index contributed by atoms with van der Waals surface area (Å²) in [6.45, 7) is 5.28. The maximum atomic E-state index is 12.9. The molecule has 3 N–H and O–H groups in total. The van der Waals surface area contributed by atoms with Gasteiger partial charge in [0, 0.05) is 30.7 Å². The molecular weight excluding hydrogens is 442 g/mol. The molecule has 4 rings (SSSR count). The first-order valence-electron chi connectivity index (χ1n) is 13.7. The monoisotopic (exact) mass is 485 g/mol. The molecule has 0 bridgehead atoms. The van der Waals surface area contributed by atoms with Gasteiger partial charge in [0.1, 0.15) is 11.9 Å². The van der Waals surface area contributed by atoms with Crippen LogP contribution in [0.3, 0.4) is 0 Å². The zero-order valence-electron chi connectivity index (χ0n) is 21.5. The van der Waals surface area contributed by atoms with Crippen molar-refractivity contribution in [3.05, 3.63) is 23.4 Å². The Morgan fingerprint density at radius 3 is 2.71 bits per heavy atom. The molecule has 2 aliphatic carbocycles. The van der Waals surface area contributed by atoms with Crippen LogP contribution in [0.25, 0.3) is 0 Å². The number of hydrogen-bond acceptors (Lipinski definition) is 5. The fraction of sp³-hybridized carbons (Fsp3) is 0.750. The van der Waals surface area contributed by atoms with E-state index in [1.165, 1.54) is 18.4 Å². The molecule has 2 heterocycles. The van der Waals surface area contributed by atoms with Crippen molar-refractivity contribution in [1.82, 2.24) is 10.3 Å². The Labute approximate surface area is 209 Å². The first-order chi connectivity index (χ1) is 16.8. The lowest BCUT2D eigenvalue weighted by Gasteiger charge is -2.37. The summed E-state index contributed by atoms with van der Waals surface area (Å²) in [5, 5.41) is 15.9. The average molecular weight is 486 g/mol. The molecule has 1 amide bonds. The Morgan fingerprint density at radius 1 is 1.20 bits per heavy atom. The number of carbonyl (C=O) groups is 2. The number of ether oxygens (including phenoxy) is 1. The van der Waals surface area contributed by atoms with Crippen LogP contribution in [0.5, 0.6) is 0 Å². The fourth-order valence-electron chi connectivity index (χ4n) is 5.87.